The van der Waals surface area contributed by atoms with Gasteiger partial charge in [0.1, 0.15) is 4.68 Å². The predicted octanol–water partition coefficient (Wildman–Crippen LogP) is -17.1. The Balaban J connectivity index is -0.000000190. The molecule has 0 fully saturated rings. The molecule has 0 aliphatic carbocycles. The molecule has 0 aliphatic rings. The van der Waals surface area contributed by atoms with Crippen LogP contribution < -0.4 is 88.4 Å². The van der Waals surface area contributed by atoms with Gasteiger partial charge in [0, 0.05) is 30.3 Å². The largest absolute Gasteiger partial charge is 3.00 e. The first kappa shape index (κ1) is 35.8. The minimum atomic E-state index is 0. The first-order valence-corrected chi connectivity index (χ1v) is 5.89. The molecule has 0 N–H and O–H groups in total. The first-order valence-electron chi connectivity index (χ1n) is 5.89. The zero-order chi connectivity index (χ0) is 12.2. The van der Waals surface area contributed by atoms with Crippen LogP contribution in [0.5, 0.6) is 0 Å². The Morgan fingerprint density at radius 1 is 0.480 bits per heavy atom. The van der Waals surface area contributed by atoms with Gasteiger partial charge in [-0.1, -0.05) is 6.07 Å². The molecule has 3 aromatic rings. The Kier molecular flexibility index (Phi) is 26.7. The van der Waals surface area contributed by atoms with Crippen LogP contribution in [0.2, 0.25) is 0 Å². The van der Waals surface area contributed by atoms with Crippen LogP contribution in [0.3, 0.4) is 0 Å². The minimum Gasteiger partial charge on any atom is -1.00 e. The third kappa shape index (κ3) is 9.35. The van der Waals surface area contributed by atoms with Gasteiger partial charge in [-0.15, -0.1) is 4.57 Å². The number of nitrogens with zero attached hydrogens (tertiary/aromatic N) is 3. The molecule has 0 unspecified atom stereocenters. The summed E-state index contributed by atoms with van der Waals surface area (Å²) in [6, 6.07) is 18.2. The molecule has 0 saturated heterocycles. The maximum absolute atomic E-state index is 2.08. The Labute approximate surface area is 198 Å². The summed E-state index contributed by atoms with van der Waals surface area (Å²) in [6.45, 7) is 0. The fourth-order valence-electron chi connectivity index (χ4n) is 1.91. The number of rotatable bonds is 2. The molecular formula is C15H14Cl6N3Ru. The zero-order valence-electron chi connectivity index (χ0n) is 12.5. The van der Waals surface area contributed by atoms with Crippen molar-refractivity contribution in [2.75, 3.05) is 0 Å². The van der Waals surface area contributed by atoms with Crippen molar-refractivity contribution < 1.29 is 108 Å². The van der Waals surface area contributed by atoms with Crippen LogP contribution in [0.1, 0.15) is 0 Å². The van der Waals surface area contributed by atoms with Crippen molar-refractivity contribution in [3.05, 3.63) is 85.6 Å². The maximum Gasteiger partial charge on any atom is 3.00 e. The summed E-state index contributed by atoms with van der Waals surface area (Å²) in [6.07, 6.45) is 10.2. The van der Waals surface area contributed by atoms with Gasteiger partial charge in [0.2, 0.25) is 18.6 Å². The van der Waals surface area contributed by atoms with Gasteiger partial charge in [0.25, 0.3) is 0 Å². The quantitative estimate of drug-likeness (QED) is 0.222. The molecule has 0 bridgehead atoms. The second-order valence-electron chi connectivity index (χ2n) is 3.94. The number of pyridine rings is 3. The summed E-state index contributed by atoms with van der Waals surface area (Å²) >= 11 is 0. The maximum atomic E-state index is 2.08. The van der Waals surface area contributed by atoms with Crippen molar-refractivity contribution in [3.63, 3.8) is 0 Å². The van der Waals surface area contributed by atoms with Crippen LogP contribution in [0, 0.1) is 0 Å². The van der Waals surface area contributed by atoms with Crippen LogP contribution in [-0.4, -0.2) is 0 Å². The minimum absolute atomic E-state index is 0. The topological polar surface area (TPSA) is 11.6 Å². The van der Waals surface area contributed by atoms with Gasteiger partial charge in [0.15, 0.2) is 12.4 Å². The molecular weight excluding hydrogens is 536 g/mol. The van der Waals surface area contributed by atoms with Crippen molar-refractivity contribution in [2.45, 2.75) is 0 Å². The Morgan fingerprint density at radius 2 is 0.920 bits per heavy atom. The molecule has 0 aliphatic heterocycles. The standard InChI is InChI=1S/C15H14N3.6ClH.Ru/c1-4-10-16(11-5-1)15-9-3-8-14-18(15)17-12-6-2-7-13-17;;;;;;;/h1-14H;6*1H;/q+3;;;;;;;+3/p-6. The normalized spacial score (nSPS) is 7.36. The van der Waals surface area contributed by atoms with E-state index in [1.54, 1.807) is 0 Å². The van der Waals surface area contributed by atoms with E-state index in [1.165, 1.54) is 0 Å². The fourth-order valence-corrected chi connectivity index (χ4v) is 1.91. The van der Waals surface area contributed by atoms with Gasteiger partial charge >= 0.3 is 25.3 Å². The molecule has 139 valence electrons. The average molecular weight is 550 g/mol. The van der Waals surface area contributed by atoms with E-state index in [2.05, 4.69) is 15.3 Å². The first-order chi connectivity index (χ1) is 8.95. The molecule has 3 rings (SSSR count). The molecule has 0 aromatic carbocycles. The van der Waals surface area contributed by atoms with E-state index < -0.39 is 0 Å². The summed E-state index contributed by atoms with van der Waals surface area (Å²) in [5.74, 6) is 1.08. The number of halogens is 6. The second kappa shape index (κ2) is 18.6. The summed E-state index contributed by atoms with van der Waals surface area (Å²) in [5, 5.41) is 0. The Bertz CT molecular complexity index is 603. The molecule has 0 spiro atoms. The van der Waals surface area contributed by atoms with E-state index in [1.807, 2.05) is 84.2 Å². The Morgan fingerprint density at radius 3 is 1.44 bits per heavy atom. The molecule has 0 amide bonds. The van der Waals surface area contributed by atoms with Crippen LogP contribution in [0.4, 0.5) is 0 Å². The molecule has 3 nitrogen and oxygen atoms in total. The van der Waals surface area contributed by atoms with Gasteiger partial charge in [-0.05, 0) is 12.1 Å². The third-order valence-electron chi connectivity index (χ3n) is 2.75. The van der Waals surface area contributed by atoms with E-state index in [0.717, 1.165) is 5.82 Å². The molecule has 10 heteroatoms. The average Bonchev–Trinajstić information content (AvgIpc) is 2.49. The smallest absolute Gasteiger partial charge is 1.00 e. The molecule has 25 heavy (non-hydrogen) atoms. The number of aromatic nitrogens is 3. The Hall–Kier alpha value is -0.187. The molecule has 3 heterocycles. The number of hydrogen-bond acceptors (Lipinski definition) is 0. The van der Waals surface area contributed by atoms with Crippen LogP contribution >= 0.6 is 0 Å². The van der Waals surface area contributed by atoms with Crippen molar-refractivity contribution >= 4 is 0 Å². The zero-order valence-corrected chi connectivity index (χ0v) is 18.8. The van der Waals surface area contributed by atoms with E-state index in [9.17, 15) is 0 Å². The SMILES string of the molecule is [Cl-].[Cl-].[Cl-].[Cl-].[Cl-].[Cl-].[Ru+3].c1cc[n+](-c2cccc[n+]2-[n+]2ccccc2)cc1. The van der Waals surface area contributed by atoms with Crippen LogP contribution in [0.15, 0.2) is 85.6 Å². The van der Waals surface area contributed by atoms with Crippen molar-refractivity contribution in [3.8, 4) is 5.82 Å². The van der Waals surface area contributed by atoms with Gasteiger partial charge in [-0.3, -0.25) is 0 Å². The van der Waals surface area contributed by atoms with Crippen molar-refractivity contribution in [2.24, 2.45) is 0 Å². The molecule has 0 saturated carbocycles. The molecule has 3 aromatic heterocycles. The third-order valence-corrected chi connectivity index (χ3v) is 2.75. The van der Waals surface area contributed by atoms with Gasteiger partial charge in [-0.25, -0.2) is 0 Å². The summed E-state index contributed by atoms with van der Waals surface area (Å²) < 4.78 is 6.20. The van der Waals surface area contributed by atoms with E-state index in [-0.39, 0.29) is 93.9 Å². The van der Waals surface area contributed by atoms with Crippen molar-refractivity contribution in [1.29, 1.82) is 0 Å². The van der Waals surface area contributed by atoms with Crippen molar-refractivity contribution in [1.82, 2.24) is 0 Å². The summed E-state index contributed by atoms with van der Waals surface area (Å²) in [5.41, 5.74) is 0. The number of hydrogen-bond donors (Lipinski definition) is 0. The summed E-state index contributed by atoms with van der Waals surface area (Å²) in [4.78, 5) is 0. The van der Waals surface area contributed by atoms with Crippen LogP contribution in [0.25, 0.3) is 5.82 Å². The monoisotopic (exact) mass is 548 g/mol. The van der Waals surface area contributed by atoms with E-state index in [4.69, 9.17) is 0 Å². The fraction of sp³-hybridized carbons (Fsp3) is 0. The van der Waals surface area contributed by atoms with E-state index >= 15 is 0 Å². The molecule has 0 atom stereocenters. The summed E-state index contributed by atoms with van der Waals surface area (Å²) in [7, 11) is 0. The molecule has 1 radical (unpaired) electrons. The predicted molar refractivity (Wildman–Crippen MR) is 65.6 cm³/mol. The van der Waals surface area contributed by atoms with Crippen LogP contribution in [-0.2, 0) is 19.5 Å². The van der Waals surface area contributed by atoms with Gasteiger partial charge < -0.3 is 74.4 Å². The van der Waals surface area contributed by atoms with Gasteiger partial charge in [0.05, 0.1) is 10.7 Å². The second-order valence-corrected chi connectivity index (χ2v) is 3.94. The van der Waals surface area contributed by atoms with E-state index in [0.29, 0.717) is 0 Å². The van der Waals surface area contributed by atoms with Gasteiger partial charge in [-0.2, -0.15) is 0 Å².